The molecule has 17 heavy (non-hydrogen) atoms. The van der Waals surface area contributed by atoms with Crippen LogP contribution in [-0.2, 0) is 6.42 Å². The maximum Gasteiger partial charge on any atom is 0.417 e. The summed E-state index contributed by atoms with van der Waals surface area (Å²) in [4.78, 5) is 15.5. The Labute approximate surface area is 98.3 Å². The Hall–Kier alpha value is -2.06. The van der Waals surface area contributed by atoms with Gasteiger partial charge in [-0.05, 0) is 31.2 Å². The van der Waals surface area contributed by atoms with E-state index in [-0.39, 0.29) is 0 Å². The maximum atomic E-state index is 11.0. The first-order chi connectivity index (χ1) is 8.19. The van der Waals surface area contributed by atoms with Gasteiger partial charge in [0.2, 0.25) is 0 Å². The van der Waals surface area contributed by atoms with Crippen LogP contribution in [0, 0.1) is 11.3 Å². The summed E-state index contributed by atoms with van der Waals surface area (Å²) in [5.74, 6) is -0.432. The predicted octanol–water partition coefficient (Wildman–Crippen LogP) is 1.12. The number of fused-ring (bicyclic) bond motifs is 1. The largest absolute Gasteiger partial charge is 0.417 e. The lowest BCUT2D eigenvalue weighted by Crippen LogP contribution is -2.21. The number of aromatic nitrogens is 1. The van der Waals surface area contributed by atoms with Crippen LogP contribution in [0.15, 0.2) is 27.4 Å². The monoisotopic (exact) mass is 231 g/mol. The molecule has 0 unspecified atom stereocenters. The van der Waals surface area contributed by atoms with Gasteiger partial charge in [-0.2, -0.15) is 5.26 Å². The van der Waals surface area contributed by atoms with Crippen molar-refractivity contribution in [2.45, 2.75) is 6.42 Å². The van der Waals surface area contributed by atoms with Crippen LogP contribution in [0.2, 0.25) is 0 Å². The van der Waals surface area contributed by atoms with Crippen LogP contribution < -0.4 is 5.76 Å². The fourth-order valence-corrected chi connectivity index (χ4v) is 1.67. The van der Waals surface area contributed by atoms with Gasteiger partial charge in [0, 0.05) is 6.54 Å². The number of nitriles is 1. The van der Waals surface area contributed by atoms with E-state index in [2.05, 4.69) is 11.1 Å². The fourth-order valence-electron chi connectivity index (χ4n) is 1.67. The van der Waals surface area contributed by atoms with Crippen molar-refractivity contribution in [3.8, 4) is 6.07 Å². The van der Waals surface area contributed by atoms with E-state index in [4.69, 9.17) is 9.68 Å². The summed E-state index contributed by atoms with van der Waals surface area (Å²) in [5, 5.41) is 8.53. The number of benzene rings is 1. The molecule has 0 aliphatic heterocycles. The molecule has 5 heteroatoms. The summed E-state index contributed by atoms with van der Waals surface area (Å²) in [5.41, 5.74) is 2.38. The molecule has 0 amide bonds. The lowest BCUT2D eigenvalue weighted by Gasteiger charge is -2.11. The normalized spacial score (nSPS) is 10.9. The number of hydrogen-bond acceptors (Lipinski definition) is 4. The minimum atomic E-state index is -0.432. The zero-order valence-corrected chi connectivity index (χ0v) is 9.56. The summed E-state index contributed by atoms with van der Waals surface area (Å²) < 4.78 is 4.99. The molecule has 0 aliphatic rings. The summed E-state index contributed by atoms with van der Waals surface area (Å²) in [6.07, 6.45) is 0.822. The average molecular weight is 231 g/mol. The van der Waals surface area contributed by atoms with Gasteiger partial charge in [0.1, 0.15) is 0 Å². The summed E-state index contributed by atoms with van der Waals surface area (Å²) in [6, 6.07) is 7.74. The number of likely N-dealkylation sites (N-methyl/N-ethyl adjacent to an activating group) is 1. The van der Waals surface area contributed by atoms with Crippen LogP contribution in [0.25, 0.3) is 11.1 Å². The second-order valence-electron chi connectivity index (χ2n) is 3.99. The van der Waals surface area contributed by atoms with Gasteiger partial charge in [0.15, 0.2) is 5.58 Å². The molecule has 2 rings (SSSR count). The van der Waals surface area contributed by atoms with Gasteiger partial charge in [-0.3, -0.25) is 9.88 Å². The Kier molecular flexibility index (Phi) is 3.26. The molecule has 0 fully saturated rings. The van der Waals surface area contributed by atoms with Crippen LogP contribution in [0.4, 0.5) is 0 Å². The fraction of sp³-hybridized carbons (Fsp3) is 0.333. The lowest BCUT2D eigenvalue weighted by molar-refractivity contribution is 0.379. The van der Waals surface area contributed by atoms with Crippen LogP contribution in [0.5, 0.6) is 0 Å². The van der Waals surface area contributed by atoms with Crippen molar-refractivity contribution in [1.82, 2.24) is 9.88 Å². The van der Waals surface area contributed by atoms with Crippen molar-refractivity contribution in [2.24, 2.45) is 0 Å². The third-order valence-electron chi connectivity index (χ3n) is 2.61. The Morgan fingerprint density at radius 3 is 3.12 bits per heavy atom. The standard InChI is InChI=1S/C12H13N3O2/c1-15(7-5-13)6-4-9-2-3-10-11(8-9)17-12(16)14-10/h2-3,8H,4,6-7H2,1H3,(H,14,16). The van der Waals surface area contributed by atoms with Crippen LogP contribution in [0.3, 0.4) is 0 Å². The number of nitrogens with one attached hydrogen (secondary N) is 1. The summed E-state index contributed by atoms with van der Waals surface area (Å²) in [6.45, 7) is 1.22. The van der Waals surface area contributed by atoms with Crippen LogP contribution in [-0.4, -0.2) is 30.0 Å². The lowest BCUT2D eigenvalue weighted by atomic mass is 10.1. The number of H-pyrrole nitrogens is 1. The zero-order chi connectivity index (χ0) is 12.3. The van der Waals surface area contributed by atoms with Gasteiger partial charge in [-0.15, -0.1) is 0 Å². The highest BCUT2D eigenvalue weighted by Crippen LogP contribution is 2.12. The molecule has 0 saturated heterocycles. The summed E-state index contributed by atoms with van der Waals surface area (Å²) in [7, 11) is 1.90. The topological polar surface area (TPSA) is 73.0 Å². The van der Waals surface area contributed by atoms with Gasteiger partial charge in [0.05, 0.1) is 18.1 Å². The molecule has 1 N–H and O–H groups in total. The molecule has 0 aliphatic carbocycles. The highest BCUT2D eigenvalue weighted by molar-refractivity contribution is 5.72. The van der Waals surface area contributed by atoms with E-state index in [0.717, 1.165) is 18.5 Å². The quantitative estimate of drug-likeness (QED) is 0.800. The number of aromatic amines is 1. The second kappa shape index (κ2) is 4.85. The van der Waals surface area contributed by atoms with E-state index >= 15 is 0 Å². The molecule has 88 valence electrons. The molecule has 1 aromatic heterocycles. The van der Waals surface area contributed by atoms with Crippen molar-refractivity contribution in [1.29, 1.82) is 5.26 Å². The first kappa shape index (κ1) is 11.4. The van der Waals surface area contributed by atoms with E-state index in [1.165, 1.54) is 0 Å². The van der Waals surface area contributed by atoms with Crippen molar-refractivity contribution in [2.75, 3.05) is 20.1 Å². The van der Waals surface area contributed by atoms with Gasteiger partial charge in [-0.1, -0.05) is 6.07 Å². The van der Waals surface area contributed by atoms with Crippen molar-refractivity contribution >= 4 is 11.1 Å². The molecule has 5 nitrogen and oxygen atoms in total. The zero-order valence-electron chi connectivity index (χ0n) is 9.56. The Balaban J connectivity index is 2.09. The first-order valence-electron chi connectivity index (χ1n) is 5.36. The van der Waals surface area contributed by atoms with E-state index < -0.39 is 5.76 Å². The van der Waals surface area contributed by atoms with Gasteiger partial charge >= 0.3 is 5.76 Å². The molecule has 1 heterocycles. The minimum absolute atomic E-state index is 0.418. The van der Waals surface area contributed by atoms with E-state index in [1.807, 2.05) is 30.1 Å². The van der Waals surface area contributed by atoms with Gasteiger partial charge in [0.25, 0.3) is 0 Å². The average Bonchev–Trinajstić information content (AvgIpc) is 2.66. The molecule has 0 atom stereocenters. The Morgan fingerprint density at radius 1 is 1.53 bits per heavy atom. The highest BCUT2D eigenvalue weighted by Gasteiger charge is 2.03. The van der Waals surface area contributed by atoms with Gasteiger partial charge in [-0.25, -0.2) is 4.79 Å². The number of hydrogen-bond donors (Lipinski definition) is 1. The van der Waals surface area contributed by atoms with Crippen molar-refractivity contribution < 1.29 is 4.42 Å². The third-order valence-corrected chi connectivity index (χ3v) is 2.61. The molecule has 0 saturated carbocycles. The first-order valence-corrected chi connectivity index (χ1v) is 5.36. The molecule has 0 bridgehead atoms. The predicted molar refractivity (Wildman–Crippen MR) is 63.6 cm³/mol. The van der Waals surface area contributed by atoms with Gasteiger partial charge < -0.3 is 4.42 Å². The second-order valence-corrected chi connectivity index (χ2v) is 3.99. The smallest absolute Gasteiger partial charge is 0.408 e. The van der Waals surface area contributed by atoms with Crippen molar-refractivity contribution in [3.05, 3.63) is 34.3 Å². The minimum Gasteiger partial charge on any atom is -0.408 e. The van der Waals surface area contributed by atoms with E-state index in [9.17, 15) is 4.79 Å². The number of oxazole rings is 1. The SMILES string of the molecule is CN(CC#N)CCc1ccc2[nH]c(=O)oc2c1. The highest BCUT2D eigenvalue weighted by atomic mass is 16.4. The summed E-state index contributed by atoms with van der Waals surface area (Å²) >= 11 is 0. The Bertz CT molecular complexity index is 606. The molecular formula is C12H13N3O2. The van der Waals surface area contributed by atoms with E-state index in [0.29, 0.717) is 17.6 Å². The third kappa shape index (κ3) is 2.74. The molecule has 0 spiro atoms. The molecule has 0 radical (unpaired) electrons. The molecular weight excluding hydrogens is 218 g/mol. The van der Waals surface area contributed by atoms with Crippen molar-refractivity contribution in [3.63, 3.8) is 0 Å². The molecule has 2 aromatic rings. The number of nitrogens with zero attached hydrogens (tertiary/aromatic N) is 2. The molecule has 1 aromatic carbocycles. The van der Waals surface area contributed by atoms with Crippen LogP contribution in [0.1, 0.15) is 5.56 Å². The van der Waals surface area contributed by atoms with E-state index in [1.54, 1.807) is 0 Å². The Morgan fingerprint density at radius 2 is 2.35 bits per heavy atom. The number of rotatable bonds is 4. The maximum absolute atomic E-state index is 11.0. The van der Waals surface area contributed by atoms with Crippen LogP contribution >= 0.6 is 0 Å².